The number of para-hydroxylation sites is 1. The lowest BCUT2D eigenvalue weighted by Gasteiger charge is -2.14. The fourth-order valence-electron chi connectivity index (χ4n) is 1.85. The molecule has 0 fully saturated rings. The number of amides is 1. The molecule has 0 aliphatic carbocycles. The predicted octanol–water partition coefficient (Wildman–Crippen LogP) is 3.87. The largest absolute Gasteiger partial charge is 0.449 e. The summed E-state index contributed by atoms with van der Waals surface area (Å²) >= 11 is 1.52. The molecule has 0 saturated heterocycles. The molecule has 0 aliphatic rings. The van der Waals surface area contributed by atoms with Crippen molar-refractivity contribution in [1.29, 1.82) is 0 Å². The molecule has 1 amide bonds. The zero-order chi connectivity index (χ0) is 17.7. The van der Waals surface area contributed by atoms with E-state index in [1.165, 1.54) is 24.8 Å². The van der Waals surface area contributed by atoms with Crippen LogP contribution >= 0.6 is 11.8 Å². The molecule has 0 heterocycles. The lowest BCUT2D eigenvalue weighted by Crippen LogP contribution is -2.30. The molecule has 0 radical (unpaired) electrons. The maximum absolute atomic E-state index is 13.5. The third-order valence-electron chi connectivity index (χ3n) is 3.19. The molecule has 1 atom stereocenters. The maximum Gasteiger partial charge on any atom is 0.338 e. The van der Waals surface area contributed by atoms with Crippen LogP contribution in [0.2, 0.25) is 0 Å². The Morgan fingerprint density at radius 3 is 2.21 bits per heavy atom. The van der Waals surface area contributed by atoms with Crippen molar-refractivity contribution < 1.29 is 23.1 Å². The van der Waals surface area contributed by atoms with Crippen molar-refractivity contribution in [2.45, 2.75) is 17.9 Å². The van der Waals surface area contributed by atoms with Crippen molar-refractivity contribution in [2.75, 3.05) is 11.6 Å². The summed E-state index contributed by atoms with van der Waals surface area (Å²) in [6.07, 6.45) is 0.693. The van der Waals surface area contributed by atoms with Crippen molar-refractivity contribution in [3.8, 4) is 0 Å². The third-order valence-corrected chi connectivity index (χ3v) is 3.93. The number of halogens is 2. The monoisotopic (exact) mass is 351 g/mol. The van der Waals surface area contributed by atoms with Gasteiger partial charge in [-0.2, -0.15) is 0 Å². The lowest BCUT2D eigenvalue weighted by molar-refractivity contribution is -0.123. The van der Waals surface area contributed by atoms with Gasteiger partial charge in [0, 0.05) is 4.90 Å². The van der Waals surface area contributed by atoms with Crippen molar-refractivity contribution in [3.63, 3.8) is 0 Å². The van der Waals surface area contributed by atoms with E-state index in [-0.39, 0.29) is 5.56 Å². The second-order valence-corrected chi connectivity index (χ2v) is 5.74. The molecule has 24 heavy (non-hydrogen) atoms. The average Bonchev–Trinajstić information content (AvgIpc) is 2.58. The van der Waals surface area contributed by atoms with Gasteiger partial charge in [-0.05, 0) is 49.6 Å². The Balaban J connectivity index is 2.01. The molecular formula is C17H15F2NO3S. The van der Waals surface area contributed by atoms with E-state index in [0.717, 1.165) is 17.0 Å². The molecule has 0 aliphatic heterocycles. The van der Waals surface area contributed by atoms with Gasteiger partial charge in [-0.25, -0.2) is 13.6 Å². The normalized spacial score (nSPS) is 11.7. The molecule has 2 aromatic carbocycles. The van der Waals surface area contributed by atoms with E-state index in [4.69, 9.17) is 4.74 Å². The highest BCUT2D eigenvalue weighted by molar-refractivity contribution is 7.98. The van der Waals surface area contributed by atoms with Crippen LogP contribution in [0.4, 0.5) is 14.5 Å². The van der Waals surface area contributed by atoms with Gasteiger partial charge in [0.05, 0.1) is 5.56 Å². The summed E-state index contributed by atoms with van der Waals surface area (Å²) in [6, 6.07) is 9.87. The second kappa shape index (κ2) is 7.92. The van der Waals surface area contributed by atoms with Crippen LogP contribution in [0.25, 0.3) is 0 Å². The summed E-state index contributed by atoms with van der Waals surface area (Å²) in [7, 11) is 0. The average molecular weight is 351 g/mol. The van der Waals surface area contributed by atoms with Crippen molar-refractivity contribution >= 4 is 29.3 Å². The number of rotatable bonds is 5. The quantitative estimate of drug-likeness (QED) is 0.656. The minimum absolute atomic E-state index is 0.282. The van der Waals surface area contributed by atoms with Crippen LogP contribution in [-0.2, 0) is 9.53 Å². The second-order valence-electron chi connectivity index (χ2n) is 4.86. The maximum atomic E-state index is 13.5. The van der Waals surface area contributed by atoms with E-state index in [1.807, 2.05) is 6.26 Å². The van der Waals surface area contributed by atoms with E-state index >= 15 is 0 Å². The van der Waals surface area contributed by atoms with Gasteiger partial charge < -0.3 is 10.1 Å². The number of benzene rings is 2. The smallest absolute Gasteiger partial charge is 0.338 e. The number of hydrogen-bond donors (Lipinski definition) is 1. The fourth-order valence-corrected chi connectivity index (χ4v) is 2.26. The Morgan fingerprint density at radius 2 is 1.67 bits per heavy atom. The van der Waals surface area contributed by atoms with Crippen LogP contribution in [-0.4, -0.2) is 24.2 Å². The van der Waals surface area contributed by atoms with Crippen molar-refractivity contribution in [3.05, 3.63) is 59.7 Å². The minimum Gasteiger partial charge on any atom is -0.449 e. The summed E-state index contributed by atoms with van der Waals surface area (Å²) in [5.41, 5.74) is -0.292. The number of carbonyl (C=O) groups excluding carboxylic acids is 2. The van der Waals surface area contributed by atoms with Crippen molar-refractivity contribution in [1.82, 2.24) is 0 Å². The Kier molecular flexibility index (Phi) is 5.92. The summed E-state index contributed by atoms with van der Waals surface area (Å²) in [6.45, 7) is 1.32. The van der Waals surface area contributed by atoms with E-state index in [1.54, 1.807) is 24.3 Å². The number of nitrogens with one attached hydrogen (secondary N) is 1. The van der Waals surface area contributed by atoms with Crippen LogP contribution in [0, 0.1) is 11.6 Å². The Hall–Kier alpha value is -2.41. The molecule has 126 valence electrons. The van der Waals surface area contributed by atoms with Crippen LogP contribution in [0.3, 0.4) is 0 Å². The van der Waals surface area contributed by atoms with Gasteiger partial charge in [0.1, 0.15) is 17.3 Å². The SMILES string of the molecule is CSc1ccc(C(=O)O[C@H](C)C(=O)Nc2c(F)cccc2F)cc1. The molecule has 4 nitrogen and oxygen atoms in total. The van der Waals surface area contributed by atoms with Gasteiger partial charge in [0.15, 0.2) is 6.10 Å². The number of esters is 1. The van der Waals surface area contributed by atoms with Gasteiger partial charge in [0.25, 0.3) is 5.91 Å². The van der Waals surface area contributed by atoms with Crippen LogP contribution in [0.1, 0.15) is 17.3 Å². The summed E-state index contributed by atoms with van der Waals surface area (Å²) in [5.74, 6) is -3.34. The first kappa shape index (κ1) is 17.9. The molecule has 0 saturated carbocycles. The molecule has 2 rings (SSSR count). The zero-order valence-electron chi connectivity index (χ0n) is 13.0. The molecule has 0 unspecified atom stereocenters. The van der Waals surface area contributed by atoms with E-state index in [2.05, 4.69) is 5.32 Å². The summed E-state index contributed by atoms with van der Waals surface area (Å²) in [4.78, 5) is 24.9. The van der Waals surface area contributed by atoms with Gasteiger partial charge >= 0.3 is 5.97 Å². The molecule has 1 N–H and O–H groups in total. The van der Waals surface area contributed by atoms with Gasteiger partial charge in [-0.15, -0.1) is 11.8 Å². The minimum atomic E-state index is -1.21. The van der Waals surface area contributed by atoms with Gasteiger partial charge in [0.2, 0.25) is 0 Å². The Bertz CT molecular complexity index is 730. The van der Waals surface area contributed by atoms with Crippen LogP contribution in [0.15, 0.2) is 47.4 Å². The summed E-state index contributed by atoms with van der Waals surface area (Å²) in [5, 5.41) is 2.08. The van der Waals surface area contributed by atoms with E-state index < -0.39 is 35.3 Å². The number of ether oxygens (including phenoxy) is 1. The first-order chi connectivity index (χ1) is 11.4. The first-order valence-corrected chi connectivity index (χ1v) is 8.24. The highest BCUT2D eigenvalue weighted by Crippen LogP contribution is 2.19. The first-order valence-electron chi connectivity index (χ1n) is 7.02. The van der Waals surface area contributed by atoms with Crippen LogP contribution in [0.5, 0.6) is 0 Å². The zero-order valence-corrected chi connectivity index (χ0v) is 13.8. The van der Waals surface area contributed by atoms with Gasteiger partial charge in [-0.1, -0.05) is 6.07 Å². The Morgan fingerprint density at radius 1 is 1.08 bits per heavy atom. The molecule has 0 bridgehead atoms. The van der Waals surface area contributed by atoms with Crippen LogP contribution < -0.4 is 5.32 Å². The number of thioether (sulfide) groups is 1. The predicted molar refractivity (Wildman–Crippen MR) is 88.1 cm³/mol. The number of anilines is 1. The molecule has 0 aromatic heterocycles. The fraction of sp³-hybridized carbons (Fsp3) is 0.176. The molecule has 2 aromatic rings. The molecule has 0 spiro atoms. The topological polar surface area (TPSA) is 55.4 Å². The highest BCUT2D eigenvalue weighted by Gasteiger charge is 2.21. The molecule has 7 heteroatoms. The molecular weight excluding hydrogens is 336 g/mol. The lowest BCUT2D eigenvalue weighted by atomic mass is 10.2. The number of hydrogen-bond acceptors (Lipinski definition) is 4. The third kappa shape index (κ3) is 4.32. The van der Waals surface area contributed by atoms with Crippen molar-refractivity contribution in [2.24, 2.45) is 0 Å². The van der Waals surface area contributed by atoms with E-state index in [9.17, 15) is 18.4 Å². The standard InChI is InChI=1S/C17H15F2NO3S/c1-10(16(21)20-15-13(18)4-3-5-14(15)19)23-17(22)11-6-8-12(24-2)9-7-11/h3-10H,1-2H3,(H,20,21)/t10-/m1/s1. The number of carbonyl (C=O) groups is 2. The summed E-state index contributed by atoms with van der Waals surface area (Å²) < 4.78 is 32.0. The highest BCUT2D eigenvalue weighted by atomic mass is 32.2. The Labute approximate surface area is 142 Å². The van der Waals surface area contributed by atoms with E-state index in [0.29, 0.717) is 0 Å². The van der Waals surface area contributed by atoms with Gasteiger partial charge in [-0.3, -0.25) is 4.79 Å².